The minimum atomic E-state index is -1.10. The van der Waals surface area contributed by atoms with Crippen LogP contribution >= 0.6 is 0 Å². The first kappa shape index (κ1) is 15.1. The minimum Gasteiger partial charge on any atom is -0.481 e. The molecular weight excluding hydrogens is 256 g/mol. The maximum absolute atomic E-state index is 13.5. The van der Waals surface area contributed by atoms with Crippen molar-refractivity contribution in [2.45, 2.75) is 25.8 Å². The number of carboxylic acids is 1. The largest absolute Gasteiger partial charge is 0.481 e. The van der Waals surface area contributed by atoms with Crippen LogP contribution in [0.5, 0.6) is 0 Å². The number of amides is 1. The summed E-state index contributed by atoms with van der Waals surface area (Å²) in [4.78, 5) is 23.8. The van der Waals surface area contributed by atoms with E-state index in [1.54, 1.807) is 0 Å². The first-order valence-corrected chi connectivity index (χ1v) is 5.61. The van der Waals surface area contributed by atoms with Crippen LogP contribution in [0.3, 0.4) is 0 Å². The van der Waals surface area contributed by atoms with Gasteiger partial charge >= 0.3 is 5.97 Å². The molecule has 1 aromatic carbocycles. The molecule has 1 aromatic rings. The number of halogens is 2. The summed E-state index contributed by atoms with van der Waals surface area (Å²) < 4.78 is 27.0. The predicted molar refractivity (Wildman–Crippen MR) is 64.8 cm³/mol. The zero-order valence-corrected chi connectivity index (χ0v) is 10.9. The predicted octanol–water partition coefficient (Wildman–Crippen LogP) is 2.29. The van der Waals surface area contributed by atoms with Crippen LogP contribution in [0, 0.1) is 11.6 Å². The van der Waals surface area contributed by atoms with E-state index in [0.717, 1.165) is 23.1 Å². The molecule has 0 aliphatic heterocycles. The lowest BCUT2D eigenvalue weighted by molar-refractivity contribution is -0.139. The zero-order chi connectivity index (χ0) is 14.8. The molecule has 6 heteroatoms. The Kier molecular flexibility index (Phi) is 4.24. The molecule has 0 atom stereocenters. The maximum Gasteiger partial charge on any atom is 0.305 e. The first-order valence-electron chi connectivity index (χ1n) is 5.61. The molecule has 104 valence electrons. The summed E-state index contributed by atoms with van der Waals surface area (Å²) in [5.74, 6) is -3.92. The standard InChI is InChI=1S/C13H15F2NO3/c1-13(2,7-10(17)18)16(3)12(19)11-8(14)5-4-6-9(11)15/h4-6H,7H2,1-3H3,(H,17,18). The van der Waals surface area contributed by atoms with Gasteiger partial charge in [0.1, 0.15) is 17.2 Å². The second-order valence-corrected chi connectivity index (χ2v) is 4.84. The van der Waals surface area contributed by atoms with Crippen LogP contribution in [0.2, 0.25) is 0 Å². The highest BCUT2D eigenvalue weighted by molar-refractivity contribution is 5.95. The molecule has 0 saturated carbocycles. The third-order valence-corrected chi connectivity index (χ3v) is 2.97. The van der Waals surface area contributed by atoms with Crippen molar-refractivity contribution in [3.8, 4) is 0 Å². The van der Waals surface area contributed by atoms with E-state index in [1.807, 2.05) is 0 Å². The van der Waals surface area contributed by atoms with Crippen molar-refractivity contribution in [3.05, 3.63) is 35.4 Å². The number of hydrogen-bond donors (Lipinski definition) is 1. The molecule has 0 bridgehead atoms. The van der Waals surface area contributed by atoms with Crippen LogP contribution in [0.15, 0.2) is 18.2 Å². The topological polar surface area (TPSA) is 57.6 Å². The summed E-state index contributed by atoms with van der Waals surface area (Å²) in [5, 5.41) is 8.77. The van der Waals surface area contributed by atoms with Crippen molar-refractivity contribution in [1.29, 1.82) is 0 Å². The Balaban J connectivity index is 3.10. The fourth-order valence-corrected chi connectivity index (χ4v) is 1.63. The van der Waals surface area contributed by atoms with Gasteiger partial charge < -0.3 is 10.0 Å². The summed E-state index contributed by atoms with van der Waals surface area (Å²) in [6.07, 6.45) is -0.328. The molecule has 1 N–H and O–H groups in total. The summed E-state index contributed by atoms with van der Waals surface area (Å²) in [6, 6.07) is 3.12. The van der Waals surface area contributed by atoms with E-state index in [9.17, 15) is 18.4 Å². The summed E-state index contributed by atoms with van der Waals surface area (Å²) >= 11 is 0. The van der Waals surface area contributed by atoms with Gasteiger partial charge in [0.25, 0.3) is 5.91 Å². The van der Waals surface area contributed by atoms with Crippen LogP contribution in [-0.4, -0.2) is 34.5 Å². The van der Waals surface area contributed by atoms with E-state index >= 15 is 0 Å². The summed E-state index contributed by atoms with van der Waals surface area (Å²) in [7, 11) is 1.32. The van der Waals surface area contributed by atoms with E-state index in [2.05, 4.69) is 0 Å². The van der Waals surface area contributed by atoms with E-state index in [0.29, 0.717) is 0 Å². The van der Waals surface area contributed by atoms with Gasteiger partial charge in [-0.25, -0.2) is 8.78 Å². The summed E-state index contributed by atoms with van der Waals surface area (Å²) in [6.45, 7) is 3.02. The van der Waals surface area contributed by atoms with Crippen molar-refractivity contribution in [2.24, 2.45) is 0 Å². The first-order chi connectivity index (χ1) is 8.66. The molecule has 0 aromatic heterocycles. The molecule has 0 fully saturated rings. The Labute approximate surface area is 109 Å². The van der Waals surface area contributed by atoms with E-state index in [4.69, 9.17) is 5.11 Å². The molecule has 0 aliphatic carbocycles. The Bertz CT molecular complexity index is 494. The molecule has 0 radical (unpaired) electrons. The smallest absolute Gasteiger partial charge is 0.305 e. The zero-order valence-electron chi connectivity index (χ0n) is 10.9. The maximum atomic E-state index is 13.5. The molecule has 0 spiro atoms. The molecule has 0 heterocycles. The average Bonchev–Trinajstić information content (AvgIpc) is 2.25. The number of rotatable bonds is 4. The van der Waals surface area contributed by atoms with Gasteiger partial charge in [0.15, 0.2) is 0 Å². The number of nitrogens with zero attached hydrogens (tertiary/aromatic N) is 1. The highest BCUT2D eigenvalue weighted by Gasteiger charge is 2.33. The van der Waals surface area contributed by atoms with Crippen LogP contribution in [0.1, 0.15) is 30.6 Å². The quantitative estimate of drug-likeness (QED) is 0.914. The van der Waals surface area contributed by atoms with Gasteiger partial charge in [-0.3, -0.25) is 9.59 Å². The lowest BCUT2D eigenvalue weighted by atomic mass is 9.97. The number of aliphatic carboxylic acids is 1. The summed E-state index contributed by atoms with van der Waals surface area (Å²) in [5.41, 5.74) is -1.74. The van der Waals surface area contributed by atoms with Crippen LogP contribution < -0.4 is 0 Å². The van der Waals surface area contributed by atoms with Gasteiger partial charge in [0.05, 0.1) is 6.42 Å². The van der Waals surface area contributed by atoms with Gasteiger partial charge in [-0.15, -0.1) is 0 Å². The second-order valence-electron chi connectivity index (χ2n) is 4.84. The molecule has 4 nitrogen and oxygen atoms in total. The van der Waals surface area contributed by atoms with Crippen molar-refractivity contribution >= 4 is 11.9 Å². The molecule has 0 unspecified atom stereocenters. The Morgan fingerprint density at radius 3 is 2.16 bits per heavy atom. The van der Waals surface area contributed by atoms with Crippen molar-refractivity contribution < 1.29 is 23.5 Å². The number of carboxylic acid groups (broad SMARTS) is 1. The average molecular weight is 271 g/mol. The fraction of sp³-hybridized carbons (Fsp3) is 0.385. The number of carbonyl (C=O) groups is 2. The van der Waals surface area contributed by atoms with E-state index < -0.39 is 34.6 Å². The van der Waals surface area contributed by atoms with Crippen molar-refractivity contribution in [1.82, 2.24) is 4.90 Å². The Morgan fingerprint density at radius 2 is 1.74 bits per heavy atom. The van der Waals surface area contributed by atoms with E-state index in [-0.39, 0.29) is 6.42 Å². The minimum absolute atomic E-state index is 0.328. The third kappa shape index (κ3) is 3.27. The van der Waals surface area contributed by atoms with Gasteiger partial charge in [-0.05, 0) is 26.0 Å². The normalized spacial score (nSPS) is 11.2. The molecule has 1 rings (SSSR count). The molecule has 1 amide bonds. The van der Waals surface area contributed by atoms with Crippen LogP contribution in [-0.2, 0) is 4.79 Å². The number of benzene rings is 1. The number of carbonyl (C=O) groups excluding carboxylic acids is 1. The van der Waals surface area contributed by atoms with Gasteiger partial charge in [0.2, 0.25) is 0 Å². The molecule has 19 heavy (non-hydrogen) atoms. The van der Waals surface area contributed by atoms with Gasteiger partial charge in [-0.1, -0.05) is 6.07 Å². The Hall–Kier alpha value is -1.98. The molecule has 0 aliphatic rings. The molecule has 0 saturated heterocycles. The van der Waals surface area contributed by atoms with Gasteiger partial charge in [-0.2, -0.15) is 0 Å². The fourth-order valence-electron chi connectivity index (χ4n) is 1.63. The highest BCUT2D eigenvalue weighted by atomic mass is 19.1. The third-order valence-electron chi connectivity index (χ3n) is 2.97. The second kappa shape index (κ2) is 5.34. The SMILES string of the molecule is CN(C(=O)c1c(F)cccc1F)C(C)(C)CC(=O)O. The van der Waals surface area contributed by atoms with E-state index in [1.165, 1.54) is 20.9 Å². The van der Waals surface area contributed by atoms with Crippen LogP contribution in [0.4, 0.5) is 8.78 Å². The van der Waals surface area contributed by atoms with Crippen LogP contribution in [0.25, 0.3) is 0 Å². The monoisotopic (exact) mass is 271 g/mol. The van der Waals surface area contributed by atoms with Crippen molar-refractivity contribution in [2.75, 3.05) is 7.05 Å². The molecular formula is C13H15F2NO3. The highest BCUT2D eigenvalue weighted by Crippen LogP contribution is 2.22. The lowest BCUT2D eigenvalue weighted by Gasteiger charge is -2.34. The Morgan fingerprint density at radius 1 is 1.26 bits per heavy atom. The number of hydrogen-bond acceptors (Lipinski definition) is 2. The van der Waals surface area contributed by atoms with Crippen molar-refractivity contribution in [3.63, 3.8) is 0 Å². The van der Waals surface area contributed by atoms with Gasteiger partial charge in [0, 0.05) is 12.6 Å². The lowest BCUT2D eigenvalue weighted by Crippen LogP contribution is -2.46.